The summed E-state index contributed by atoms with van der Waals surface area (Å²) in [5.74, 6) is 0.203. The molecule has 3 rings (SSSR count). The van der Waals surface area contributed by atoms with Gasteiger partial charge < -0.3 is 14.8 Å². The van der Waals surface area contributed by atoms with Gasteiger partial charge in [-0.1, -0.05) is 17.7 Å². The van der Waals surface area contributed by atoms with Gasteiger partial charge in [-0.25, -0.2) is 10.2 Å². The highest BCUT2D eigenvalue weighted by Gasteiger charge is 2.13. The number of anilines is 1. The van der Waals surface area contributed by atoms with Crippen LogP contribution in [0.2, 0.25) is 5.02 Å². The molecule has 3 aromatic rings. The number of carbonyl (C=O) groups is 1. The van der Waals surface area contributed by atoms with Crippen molar-refractivity contribution < 1.29 is 14.6 Å². The van der Waals surface area contributed by atoms with Gasteiger partial charge in [0.05, 0.1) is 17.8 Å². The van der Waals surface area contributed by atoms with Crippen molar-refractivity contribution >= 4 is 34.3 Å². The van der Waals surface area contributed by atoms with Gasteiger partial charge in [-0.15, -0.1) is 0 Å². The van der Waals surface area contributed by atoms with Gasteiger partial charge in [0, 0.05) is 22.2 Å². The Kier molecular flexibility index (Phi) is 4.22. The van der Waals surface area contributed by atoms with Gasteiger partial charge in [-0.05, 0) is 42.8 Å². The van der Waals surface area contributed by atoms with Crippen LogP contribution < -0.4 is 10.9 Å². The second-order valence-corrected chi connectivity index (χ2v) is 5.70. The summed E-state index contributed by atoms with van der Waals surface area (Å²) in [4.78, 5) is 14.4. The second kappa shape index (κ2) is 6.33. The highest BCUT2D eigenvalue weighted by atomic mass is 35.5. The van der Waals surface area contributed by atoms with Crippen LogP contribution in [0.1, 0.15) is 5.69 Å². The summed E-state index contributed by atoms with van der Waals surface area (Å²) >= 11 is 6.29. The molecule has 0 unspecified atom stereocenters. The van der Waals surface area contributed by atoms with Crippen molar-refractivity contribution in [1.29, 1.82) is 0 Å². The zero-order valence-corrected chi connectivity index (χ0v) is 13.9. The number of hydrazine groups is 1. The number of aromatic nitrogens is 1. The van der Waals surface area contributed by atoms with Gasteiger partial charge in [0.1, 0.15) is 5.75 Å². The van der Waals surface area contributed by atoms with Crippen LogP contribution in [0.25, 0.3) is 22.0 Å². The average Bonchev–Trinajstić information content (AvgIpc) is 2.88. The van der Waals surface area contributed by atoms with Crippen molar-refractivity contribution in [2.75, 3.05) is 12.5 Å². The number of H-pyrrole nitrogens is 1. The van der Waals surface area contributed by atoms with E-state index in [0.29, 0.717) is 10.7 Å². The summed E-state index contributed by atoms with van der Waals surface area (Å²) in [6.07, 6.45) is -0.613. The first-order valence-corrected chi connectivity index (χ1v) is 7.58. The van der Waals surface area contributed by atoms with Crippen molar-refractivity contribution in [3.63, 3.8) is 0 Å². The number of methoxy groups -OCH3 is 1. The standard InChI is InChI=1S/C17H16ClN3O3/c1-9-16(12-8-11(22)4-6-14(12)19-9)10-3-5-15(13(18)7-10)20-21-17(23)24-2/h3-8,19-20,22H,1-2H3,(H,21,23). The Labute approximate surface area is 143 Å². The number of phenolic OH excluding ortho intramolecular Hbond substituents is 1. The first kappa shape index (κ1) is 16.0. The van der Waals surface area contributed by atoms with Crippen LogP contribution in [-0.2, 0) is 4.74 Å². The molecule has 0 aliphatic rings. The van der Waals surface area contributed by atoms with E-state index < -0.39 is 6.09 Å². The minimum Gasteiger partial charge on any atom is -0.508 e. The molecule has 124 valence electrons. The molecule has 0 saturated carbocycles. The number of ether oxygens (including phenoxy) is 1. The van der Waals surface area contributed by atoms with Gasteiger partial charge in [-0.3, -0.25) is 5.43 Å². The lowest BCUT2D eigenvalue weighted by Gasteiger charge is -2.11. The van der Waals surface area contributed by atoms with Gasteiger partial charge in [0.25, 0.3) is 0 Å². The molecule has 0 saturated heterocycles. The number of carbonyl (C=O) groups excluding carboxylic acids is 1. The molecule has 0 bridgehead atoms. The van der Waals surface area contributed by atoms with Crippen LogP contribution in [0.15, 0.2) is 36.4 Å². The highest BCUT2D eigenvalue weighted by molar-refractivity contribution is 6.33. The third-order valence-corrected chi connectivity index (χ3v) is 4.02. The fourth-order valence-corrected chi connectivity index (χ4v) is 2.86. The Morgan fingerprint density at radius 2 is 2.04 bits per heavy atom. The molecule has 0 atom stereocenters. The normalized spacial score (nSPS) is 10.6. The lowest BCUT2D eigenvalue weighted by Crippen LogP contribution is -2.29. The Balaban J connectivity index is 1.99. The van der Waals surface area contributed by atoms with Crippen LogP contribution in [-0.4, -0.2) is 23.3 Å². The number of benzene rings is 2. The summed E-state index contributed by atoms with van der Waals surface area (Å²) in [5, 5.41) is 11.1. The molecular formula is C17H16ClN3O3. The summed E-state index contributed by atoms with van der Waals surface area (Å²) in [6, 6.07) is 10.6. The predicted molar refractivity (Wildman–Crippen MR) is 94.3 cm³/mol. The summed E-state index contributed by atoms with van der Waals surface area (Å²) in [5.41, 5.74) is 9.37. The zero-order valence-electron chi connectivity index (χ0n) is 13.1. The van der Waals surface area contributed by atoms with E-state index in [0.717, 1.165) is 27.7 Å². The van der Waals surface area contributed by atoms with Gasteiger partial charge >= 0.3 is 6.09 Å². The fourth-order valence-electron chi connectivity index (χ4n) is 2.63. The Morgan fingerprint density at radius 3 is 2.75 bits per heavy atom. The molecule has 0 fully saturated rings. The molecule has 6 nitrogen and oxygen atoms in total. The molecule has 1 amide bonds. The van der Waals surface area contributed by atoms with Crippen LogP contribution in [0.5, 0.6) is 5.75 Å². The number of aromatic amines is 1. The number of hydrogen-bond acceptors (Lipinski definition) is 4. The van der Waals surface area contributed by atoms with Gasteiger partial charge in [-0.2, -0.15) is 0 Å². The summed E-state index contributed by atoms with van der Waals surface area (Å²) < 4.78 is 4.49. The Hall–Kier alpha value is -2.86. The lowest BCUT2D eigenvalue weighted by molar-refractivity contribution is 0.173. The fraction of sp³-hybridized carbons (Fsp3) is 0.118. The highest BCUT2D eigenvalue weighted by Crippen LogP contribution is 2.36. The van der Waals surface area contributed by atoms with Gasteiger partial charge in [0.2, 0.25) is 0 Å². The van der Waals surface area contributed by atoms with E-state index in [4.69, 9.17) is 11.6 Å². The topological polar surface area (TPSA) is 86.4 Å². The third kappa shape index (κ3) is 2.96. The molecule has 1 aromatic heterocycles. The minimum absolute atomic E-state index is 0.203. The van der Waals surface area contributed by atoms with E-state index in [2.05, 4.69) is 20.6 Å². The van der Waals surface area contributed by atoms with Gasteiger partial charge in [0.15, 0.2) is 0 Å². The predicted octanol–water partition coefficient (Wildman–Crippen LogP) is 4.19. The van der Waals surface area contributed by atoms with Crippen LogP contribution in [0.4, 0.5) is 10.5 Å². The molecule has 4 N–H and O–H groups in total. The number of fused-ring (bicyclic) bond motifs is 1. The molecule has 7 heteroatoms. The van der Waals surface area contributed by atoms with Crippen molar-refractivity contribution in [2.45, 2.75) is 6.92 Å². The SMILES string of the molecule is COC(=O)NNc1ccc(-c2c(C)[nH]c3ccc(O)cc23)cc1Cl. The average molecular weight is 346 g/mol. The molecule has 0 spiro atoms. The lowest BCUT2D eigenvalue weighted by atomic mass is 10.0. The Bertz CT molecular complexity index is 921. The van der Waals surface area contributed by atoms with E-state index in [1.54, 1.807) is 24.3 Å². The van der Waals surface area contributed by atoms with Crippen molar-refractivity contribution in [3.05, 3.63) is 47.1 Å². The number of rotatable bonds is 3. The number of halogens is 1. The first-order valence-electron chi connectivity index (χ1n) is 7.21. The maximum absolute atomic E-state index is 11.1. The molecule has 24 heavy (non-hydrogen) atoms. The number of amides is 1. The first-order chi connectivity index (χ1) is 11.5. The number of phenols is 1. The number of aromatic hydroxyl groups is 1. The van der Waals surface area contributed by atoms with Crippen molar-refractivity contribution in [2.24, 2.45) is 0 Å². The number of nitrogens with one attached hydrogen (secondary N) is 3. The molecule has 0 aliphatic heterocycles. The monoisotopic (exact) mass is 345 g/mol. The van der Waals surface area contributed by atoms with E-state index in [1.165, 1.54) is 7.11 Å². The minimum atomic E-state index is -0.613. The molecular weight excluding hydrogens is 330 g/mol. The second-order valence-electron chi connectivity index (χ2n) is 5.29. The molecule has 0 aliphatic carbocycles. The molecule has 1 heterocycles. The largest absolute Gasteiger partial charge is 0.508 e. The smallest absolute Gasteiger partial charge is 0.425 e. The third-order valence-electron chi connectivity index (χ3n) is 3.71. The summed E-state index contributed by atoms with van der Waals surface area (Å²) in [6.45, 7) is 1.96. The van der Waals surface area contributed by atoms with Crippen LogP contribution >= 0.6 is 11.6 Å². The summed E-state index contributed by atoms with van der Waals surface area (Å²) in [7, 11) is 1.27. The van der Waals surface area contributed by atoms with Crippen LogP contribution in [0.3, 0.4) is 0 Å². The van der Waals surface area contributed by atoms with Crippen molar-refractivity contribution in [3.8, 4) is 16.9 Å². The maximum atomic E-state index is 11.1. The van der Waals surface area contributed by atoms with E-state index in [9.17, 15) is 9.90 Å². The van der Waals surface area contributed by atoms with E-state index in [-0.39, 0.29) is 5.75 Å². The Morgan fingerprint density at radius 1 is 1.25 bits per heavy atom. The number of aryl methyl sites for hydroxylation is 1. The maximum Gasteiger partial charge on any atom is 0.425 e. The number of hydrogen-bond donors (Lipinski definition) is 4. The van der Waals surface area contributed by atoms with E-state index in [1.807, 2.05) is 19.1 Å². The molecule has 2 aromatic carbocycles. The van der Waals surface area contributed by atoms with E-state index >= 15 is 0 Å². The zero-order chi connectivity index (χ0) is 17.3. The van der Waals surface area contributed by atoms with Crippen LogP contribution in [0, 0.1) is 6.92 Å². The molecule has 0 radical (unpaired) electrons. The quantitative estimate of drug-likeness (QED) is 0.536. The van der Waals surface area contributed by atoms with Crippen molar-refractivity contribution in [1.82, 2.24) is 10.4 Å².